The van der Waals surface area contributed by atoms with Gasteiger partial charge in [0.15, 0.2) is 0 Å². The van der Waals surface area contributed by atoms with E-state index in [9.17, 15) is 0 Å². The van der Waals surface area contributed by atoms with E-state index in [1.807, 2.05) is 6.20 Å². The van der Waals surface area contributed by atoms with Gasteiger partial charge in [0.1, 0.15) is 0 Å². The lowest BCUT2D eigenvalue weighted by atomic mass is 9.97. The number of aromatic nitrogens is 2. The number of anilines is 2. The maximum absolute atomic E-state index is 6.31. The zero-order valence-corrected chi connectivity index (χ0v) is 21.6. The number of hydrogen-bond acceptors (Lipinski definition) is 6. The highest BCUT2D eigenvalue weighted by atomic mass is 16.5. The monoisotopic (exact) mass is 466 g/mol. The molecular formula is C28H42N4O2. The highest BCUT2D eigenvalue weighted by molar-refractivity contribution is 5.47. The fourth-order valence-electron chi connectivity index (χ4n) is 5.12. The van der Waals surface area contributed by atoms with Crippen LogP contribution >= 0.6 is 0 Å². The van der Waals surface area contributed by atoms with Gasteiger partial charge >= 0.3 is 0 Å². The first-order valence-corrected chi connectivity index (χ1v) is 13.1. The molecule has 2 aliphatic rings. The summed E-state index contributed by atoms with van der Waals surface area (Å²) < 4.78 is 12.0. The molecule has 2 fully saturated rings. The Kier molecular flexibility index (Phi) is 8.43. The molecule has 0 amide bonds. The van der Waals surface area contributed by atoms with E-state index >= 15 is 0 Å². The summed E-state index contributed by atoms with van der Waals surface area (Å²) in [6.07, 6.45) is 7.71. The third-order valence-electron chi connectivity index (χ3n) is 7.28. The predicted octanol–water partition coefficient (Wildman–Crippen LogP) is 5.39. The molecular weight excluding hydrogens is 424 g/mol. The Morgan fingerprint density at radius 2 is 1.74 bits per heavy atom. The summed E-state index contributed by atoms with van der Waals surface area (Å²) in [5, 5.41) is 0. The lowest BCUT2D eigenvalue weighted by molar-refractivity contribution is -0.0212. The molecule has 4 heterocycles. The average molecular weight is 467 g/mol. The number of rotatable bonds is 8. The first-order chi connectivity index (χ1) is 16.4. The smallest absolute Gasteiger partial charge is 0.0754 e. The molecule has 0 saturated carbocycles. The predicted molar refractivity (Wildman–Crippen MR) is 139 cm³/mol. The third kappa shape index (κ3) is 6.08. The Morgan fingerprint density at radius 1 is 1.00 bits per heavy atom. The molecule has 186 valence electrons. The average Bonchev–Trinajstić information content (AvgIpc) is 2.87. The Hall–Kier alpha value is -2.18. The van der Waals surface area contributed by atoms with Gasteiger partial charge in [0.05, 0.1) is 55.2 Å². The van der Waals surface area contributed by atoms with Crippen LogP contribution in [0.2, 0.25) is 0 Å². The van der Waals surface area contributed by atoms with Gasteiger partial charge in [-0.15, -0.1) is 0 Å². The van der Waals surface area contributed by atoms with E-state index in [2.05, 4.69) is 79.9 Å². The van der Waals surface area contributed by atoms with Gasteiger partial charge in [-0.25, -0.2) is 0 Å². The molecule has 0 spiro atoms. The minimum absolute atomic E-state index is 0.219. The van der Waals surface area contributed by atoms with Crippen molar-refractivity contribution in [2.24, 2.45) is 0 Å². The molecule has 0 aromatic carbocycles. The van der Waals surface area contributed by atoms with Crippen molar-refractivity contribution in [3.05, 3.63) is 48.0 Å². The van der Waals surface area contributed by atoms with Crippen LogP contribution in [-0.4, -0.2) is 61.1 Å². The molecule has 34 heavy (non-hydrogen) atoms. The zero-order valence-electron chi connectivity index (χ0n) is 21.6. The van der Waals surface area contributed by atoms with Crippen LogP contribution in [0, 0.1) is 0 Å². The SMILES string of the molecule is CCC1COCCN1c1ccc(C(C)CCC2CN(c3ccc(C(C)C)nc3)CC(C)O2)nc1. The zero-order chi connectivity index (χ0) is 24.1. The second kappa shape index (κ2) is 11.5. The van der Waals surface area contributed by atoms with Crippen molar-refractivity contribution >= 4 is 11.4 Å². The van der Waals surface area contributed by atoms with Crippen LogP contribution in [0.4, 0.5) is 11.4 Å². The summed E-state index contributed by atoms with van der Waals surface area (Å²) in [6, 6.07) is 9.27. The van der Waals surface area contributed by atoms with Crippen molar-refractivity contribution in [1.29, 1.82) is 0 Å². The molecule has 2 aromatic heterocycles. The summed E-state index contributed by atoms with van der Waals surface area (Å²) in [5.74, 6) is 0.860. The van der Waals surface area contributed by atoms with Crippen LogP contribution in [-0.2, 0) is 9.47 Å². The van der Waals surface area contributed by atoms with E-state index in [0.29, 0.717) is 17.9 Å². The molecule has 6 nitrogen and oxygen atoms in total. The van der Waals surface area contributed by atoms with Crippen molar-refractivity contribution in [1.82, 2.24) is 9.97 Å². The van der Waals surface area contributed by atoms with Crippen LogP contribution in [0.1, 0.15) is 77.1 Å². The van der Waals surface area contributed by atoms with Gasteiger partial charge in [0.2, 0.25) is 0 Å². The van der Waals surface area contributed by atoms with E-state index in [-0.39, 0.29) is 12.2 Å². The summed E-state index contributed by atoms with van der Waals surface area (Å²) in [6.45, 7) is 15.4. The van der Waals surface area contributed by atoms with Crippen molar-refractivity contribution in [2.45, 2.75) is 84.0 Å². The summed E-state index contributed by atoms with van der Waals surface area (Å²) in [7, 11) is 0. The van der Waals surface area contributed by atoms with Gasteiger partial charge in [-0.1, -0.05) is 27.7 Å². The van der Waals surface area contributed by atoms with Gasteiger partial charge in [-0.3, -0.25) is 9.97 Å². The molecule has 0 N–H and O–H groups in total. The number of pyridine rings is 2. The van der Waals surface area contributed by atoms with Gasteiger partial charge in [0, 0.05) is 31.0 Å². The van der Waals surface area contributed by atoms with E-state index < -0.39 is 0 Å². The number of nitrogens with zero attached hydrogens (tertiary/aromatic N) is 4. The van der Waals surface area contributed by atoms with Crippen molar-refractivity contribution in [2.75, 3.05) is 42.6 Å². The van der Waals surface area contributed by atoms with E-state index in [1.165, 1.54) is 17.1 Å². The fourth-order valence-corrected chi connectivity index (χ4v) is 5.12. The largest absolute Gasteiger partial charge is 0.377 e. The van der Waals surface area contributed by atoms with Crippen molar-refractivity contribution in [3.8, 4) is 0 Å². The molecule has 2 aliphatic heterocycles. The Bertz CT molecular complexity index is 886. The lowest BCUT2D eigenvalue weighted by Gasteiger charge is -2.38. The highest BCUT2D eigenvalue weighted by Crippen LogP contribution is 2.28. The minimum atomic E-state index is 0.219. The third-order valence-corrected chi connectivity index (χ3v) is 7.28. The Balaban J connectivity index is 1.32. The van der Waals surface area contributed by atoms with Gasteiger partial charge in [0.25, 0.3) is 0 Å². The molecule has 4 rings (SSSR count). The van der Waals surface area contributed by atoms with Gasteiger partial charge in [-0.2, -0.15) is 0 Å². The molecule has 0 aliphatic carbocycles. The van der Waals surface area contributed by atoms with Crippen LogP contribution in [0.25, 0.3) is 0 Å². The van der Waals surface area contributed by atoms with Crippen LogP contribution in [0.15, 0.2) is 36.7 Å². The standard InChI is InChI=1S/C28H42N4O2/c1-6-23-19-33-14-13-32(23)25-9-12-28(30-16-25)21(4)7-10-26-18-31(17-22(5)34-26)24-8-11-27(20(2)3)29-15-24/h8-9,11-12,15-16,20-23,26H,6-7,10,13-14,17-19H2,1-5H3. The van der Waals surface area contributed by atoms with Crippen LogP contribution in [0.3, 0.4) is 0 Å². The maximum atomic E-state index is 6.31. The van der Waals surface area contributed by atoms with Gasteiger partial charge < -0.3 is 19.3 Å². The minimum Gasteiger partial charge on any atom is -0.377 e. The quantitative estimate of drug-likeness (QED) is 0.520. The number of ether oxygens (including phenoxy) is 2. The number of morpholine rings is 2. The second-order valence-electron chi connectivity index (χ2n) is 10.3. The Labute approximate surface area is 205 Å². The second-order valence-corrected chi connectivity index (χ2v) is 10.3. The van der Waals surface area contributed by atoms with Crippen molar-refractivity contribution in [3.63, 3.8) is 0 Å². The molecule has 0 radical (unpaired) electrons. The lowest BCUT2D eigenvalue weighted by Crippen LogP contribution is -2.46. The molecule has 6 heteroatoms. The highest BCUT2D eigenvalue weighted by Gasteiger charge is 2.27. The molecule has 4 atom stereocenters. The summed E-state index contributed by atoms with van der Waals surface area (Å²) in [5.41, 5.74) is 4.72. The maximum Gasteiger partial charge on any atom is 0.0754 e. The summed E-state index contributed by atoms with van der Waals surface area (Å²) >= 11 is 0. The molecule has 0 bridgehead atoms. The number of hydrogen-bond donors (Lipinski definition) is 0. The Morgan fingerprint density at radius 3 is 2.41 bits per heavy atom. The molecule has 2 saturated heterocycles. The fraction of sp³-hybridized carbons (Fsp3) is 0.643. The van der Waals surface area contributed by atoms with Crippen LogP contribution in [0.5, 0.6) is 0 Å². The van der Waals surface area contributed by atoms with E-state index in [0.717, 1.165) is 57.8 Å². The molecule has 2 aromatic rings. The normalized spacial score (nSPS) is 24.5. The summed E-state index contributed by atoms with van der Waals surface area (Å²) in [4.78, 5) is 14.4. The first kappa shape index (κ1) is 24.9. The van der Waals surface area contributed by atoms with Crippen LogP contribution < -0.4 is 9.80 Å². The van der Waals surface area contributed by atoms with E-state index in [4.69, 9.17) is 14.5 Å². The van der Waals surface area contributed by atoms with Gasteiger partial charge in [-0.05, 0) is 62.3 Å². The van der Waals surface area contributed by atoms with E-state index in [1.54, 1.807) is 0 Å². The molecule has 4 unspecified atom stereocenters. The first-order valence-electron chi connectivity index (χ1n) is 13.1. The van der Waals surface area contributed by atoms with Crippen molar-refractivity contribution < 1.29 is 9.47 Å². The topological polar surface area (TPSA) is 50.7 Å².